The maximum atomic E-state index is 10.4. The number of nitrogens with zero attached hydrogens (tertiary/aromatic N) is 2. The molecule has 18 heavy (non-hydrogen) atoms. The van der Waals surface area contributed by atoms with Gasteiger partial charge in [0.1, 0.15) is 12.1 Å². The zero-order valence-electron chi connectivity index (χ0n) is 9.56. The summed E-state index contributed by atoms with van der Waals surface area (Å²) in [5, 5.41) is 12.7. The molecule has 6 heteroatoms. The van der Waals surface area contributed by atoms with E-state index in [1.54, 1.807) is 0 Å². The molecule has 0 fully saturated rings. The van der Waals surface area contributed by atoms with E-state index in [4.69, 9.17) is 5.11 Å². The Morgan fingerprint density at radius 3 is 3.00 bits per heavy atom. The molecule has 94 valence electrons. The fourth-order valence-electron chi connectivity index (χ4n) is 1.62. The van der Waals surface area contributed by atoms with Crippen LogP contribution < -0.4 is 5.32 Å². The molecular weight excluding hydrogens is 345 g/mol. The summed E-state index contributed by atoms with van der Waals surface area (Å²) in [6, 6.07) is 5.95. The summed E-state index contributed by atoms with van der Waals surface area (Å²) in [5.41, 5.74) is 0.881. The second kappa shape index (κ2) is 5.94. The van der Waals surface area contributed by atoms with E-state index < -0.39 is 5.97 Å². The summed E-state index contributed by atoms with van der Waals surface area (Å²) in [7, 11) is 0. The molecule has 5 nitrogen and oxygen atoms in total. The van der Waals surface area contributed by atoms with Crippen LogP contribution in [0.4, 0.5) is 5.82 Å². The number of halogens is 1. The molecule has 1 aromatic heterocycles. The van der Waals surface area contributed by atoms with Crippen molar-refractivity contribution in [2.75, 3.05) is 11.9 Å². The minimum Gasteiger partial charge on any atom is -0.481 e. The van der Waals surface area contributed by atoms with Crippen LogP contribution in [0.25, 0.3) is 10.9 Å². The van der Waals surface area contributed by atoms with Crippen molar-refractivity contribution < 1.29 is 9.90 Å². The van der Waals surface area contributed by atoms with E-state index in [1.165, 1.54) is 6.33 Å². The number of aliphatic carboxylic acids is 1. The van der Waals surface area contributed by atoms with Gasteiger partial charge in [-0.25, -0.2) is 9.97 Å². The first-order valence-corrected chi connectivity index (χ1v) is 6.60. The first kappa shape index (κ1) is 13.0. The molecule has 1 aromatic carbocycles. The third-order valence-electron chi connectivity index (χ3n) is 2.46. The third kappa shape index (κ3) is 3.28. The molecule has 0 aliphatic heterocycles. The van der Waals surface area contributed by atoms with Crippen LogP contribution in [0.3, 0.4) is 0 Å². The number of benzene rings is 1. The summed E-state index contributed by atoms with van der Waals surface area (Å²) in [5.74, 6) is -0.0252. The highest BCUT2D eigenvalue weighted by atomic mass is 127. The Bertz CT molecular complexity index is 574. The Morgan fingerprint density at radius 2 is 2.22 bits per heavy atom. The van der Waals surface area contributed by atoms with Gasteiger partial charge in [0.2, 0.25) is 0 Å². The second-order valence-electron chi connectivity index (χ2n) is 3.81. The number of carboxylic acid groups (broad SMARTS) is 1. The van der Waals surface area contributed by atoms with Gasteiger partial charge >= 0.3 is 5.97 Å². The Morgan fingerprint density at radius 1 is 1.39 bits per heavy atom. The van der Waals surface area contributed by atoms with Gasteiger partial charge in [0, 0.05) is 21.9 Å². The van der Waals surface area contributed by atoms with Crippen LogP contribution in [-0.2, 0) is 4.79 Å². The average Bonchev–Trinajstić information content (AvgIpc) is 2.34. The van der Waals surface area contributed by atoms with Gasteiger partial charge in [-0.2, -0.15) is 0 Å². The van der Waals surface area contributed by atoms with Gasteiger partial charge in [0.25, 0.3) is 0 Å². The van der Waals surface area contributed by atoms with Crippen LogP contribution in [-0.4, -0.2) is 27.6 Å². The summed E-state index contributed by atoms with van der Waals surface area (Å²) in [6.45, 7) is 0.587. The van der Waals surface area contributed by atoms with Crippen LogP contribution in [0, 0.1) is 3.57 Å². The Hall–Kier alpha value is -1.44. The van der Waals surface area contributed by atoms with Crippen molar-refractivity contribution in [2.24, 2.45) is 0 Å². The zero-order valence-corrected chi connectivity index (χ0v) is 11.7. The molecule has 2 aromatic rings. The zero-order chi connectivity index (χ0) is 13.0. The molecule has 2 rings (SSSR count). The lowest BCUT2D eigenvalue weighted by molar-refractivity contribution is -0.137. The number of nitrogens with one attached hydrogen (secondary N) is 1. The summed E-state index contributed by atoms with van der Waals surface area (Å²) >= 11 is 2.24. The largest absolute Gasteiger partial charge is 0.481 e. The van der Waals surface area contributed by atoms with E-state index in [-0.39, 0.29) is 6.42 Å². The van der Waals surface area contributed by atoms with E-state index in [1.807, 2.05) is 18.2 Å². The lowest BCUT2D eigenvalue weighted by atomic mass is 10.2. The number of fused-ring (bicyclic) bond motifs is 1. The molecule has 0 aliphatic carbocycles. The number of anilines is 1. The number of aromatic nitrogens is 2. The SMILES string of the molecule is O=C(O)CCCNc1ncnc2ccc(I)cc12. The van der Waals surface area contributed by atoms with E-state index in [0.29, 0.717) is 13.0 Å². The van der Waals surface area contributed by atoms with Crippen molar-refractivity contribution in [1.82, 2.24) is 9.97 Å². The van der Waals surface area contributed by atoms with E-state index in [2.05, 4.69) is 37.9 Å². The van der Waals surface area contributed by atoms with Crippen LogP contribution in [0.15, 0.2) is 24.5 Å². The number of hydrogen-bond donors (Lipinski definition) is 2. The number of carboxylic acids is 1. The van der Waals surface area contributed by atoms with Crippen molar-refractivity contribution >= 4 is 45.3 Å². The molecule has 0 saturated carbocycles. The van der Waals surface area contributed by atoms with Gasteiger partial charge in [0.15, 0.2) is 0 Å². The van der Waals surface area contributed by atoms with Crippen LogP contribution in [0.5, 0.6) is 0 Å². The average molecular weight is 357 g/mol. The topological polar surface area (TPSA) is 75.1 Å². The molecule has 0 radical (unpaired) electrons. The molecule has 1 heterocycles. The van der Waals surface area contributed by atoms with Crippen molar-refractivity contribution in [1.29, 1.82) is 0 Å². The molecule has 0 spiro atoms. The van der Waals surface area contributed by atoms with Crippen molar-refractivity contribution in [3.05, 3.63) is 28.1 Å². The number of rotatable bonds is 5. The van der Waals surface area contributed by atoms with Gasteiger partial charge in [0.05, 0.1) is 5.52 Å². The third-order valence-corrected chi connectivity index (χ3v) is 3.13. The van der Waals surface area contributed by atoms with Crippen LogP contribution in [0.2, 0.25) is 0 Å². The minimum absolute atomic E-state index is 0.160. The molecule has 0 amide bonds. The van der Waals surface area contributed by atoms with Gasteiger partial charge in [-0.15, -0.1) is 0 Å². The van der Waals surface area contributed by atoms with Gasteiger partial charge < -0.3 is 10.4 Å². The predicted octanol–water partition coefficient (Wildman–Crippen LogP) is 2.51. The van der Waals surface area contributed by atoms with Gasteiger partial charge in [-0.1, -0.05) is 0 Å². The molecule has 0 unspecified atom stereocenters. The highest BCUT2D eigenvalue weighted by molar-refractivity contribution is 14.1. The van der Waals surface area contributed by atoms with E-state index >= 15 is 0 Å². The normalized spacial score (nSPS) is 10.5. The first-order valence-electron chi connectivity index (χ1n) is 5.53. The lowest BCUT2D eigenvalue weighted by Crippen LogP contribution is -2.06. The smallest absolute Gasteiger partial charge is 0.303 e. The first-order chi connectivity index (χ1) is 8.66. The van der Waals surface area contributed by atoms with E-state index in [0.717, 1.165) is 20.3 Å². The number of hydrogen-bond acceptors (Lipinski definition) is 4. The Kier molecular flexibility index (Phi) is 4.29. The standard InChI is InChI=1S/C12H12IN3O2/c13-8-3-4-10-9(6-8)12(16-7-15-10)14-5-1-2-11(17)18/h3-4,6-7H,1-2,5H2,(H,17,18)(H,14,15,16). The van der Waals surface area contributed by atoms with Crippen molar-refractivity contribution in [2.45, 2.75) is 12.8 Å². The minimum atomic E-state index is -0.779. The summed E-state index contributed by atoms with van der Waals surface area (Å²) in [4.78, 5) is 18.8. The predicted molar refractivity (Wildman–Crippen MR) is 77.6 cm³/mol. The monoisotopic (exact) mass is 357 g/mol. The van der Waals surface area contributed by atoms with Crippen LogP contribution in [0.1, 0.15) is 12.8 Å². The molecule has 0 bridgehead atoms. The fourth-order valence-corrected chi connectivity index (χ4v) is 2.11. The van der Waals surface area contributed by atoms with Gasteiger partial charge in [-0.05, 0) is 47.2 Å². The molecule has 0 aliphatic rings. The van der Waals surface area contributed by atoms with Crippen LogP contribution >= 0.6 is 22.6 Å². The van der Waals surface area contributed by atoms with E-state index in [9.17, 15) is 4.79 Å². The van der Waals surface area contributed by atoms with Gasteiger partial charge in [-0.3, -0.25) is 4.79 Å². The molecule has 0 saturated heterocycles. The Labute approximate surface area is 118 Å². The maximum absolute atomic E-state index is 10.4. The second-order valence-corrected chi connectivity index (χ2v) is 5.05. The molecular formula is C12H12IN3O2. The summed E-state index contributed by atoms with van der Waals surface area (Å²) < 4.78 is 1.11. The highest BCUT2D eigenvalue weighted by Gasteiger charge is 2.04. The number of carbonyl (C=O) groups is 1. The highest BCUT2D eigenvalue weighted by Crippen LogP contribution is 2.21. The quantitative estimate of drug-likeness (QED) is 0.635. The summed E-state index contributed by atoms with van der Waals surface area (Å²) in [6.07, 6.45) is 2.24. The maximum Gasteiger partial charge on any atom is 0.303 e. The fraction of sp³-hybridized carbons (Fsp3) is 0.250. The molecule has 0 atom stereocenters. The lowest BCUT2D eigenvalue weighted by Gasteiger charge is -2.07. The van der Waals surface area contributed by atoms with Crippen molar-refractivity contribution in [3.8, 4) is 0 Å². The van der Waals surface area contributed by atoms with Crippen molar-refractivity contribution in [3.63, 3.8) is 0 Å². The molecule has 2 N–H and O–H groups in total. The Balaban J connectivity index is 2.12.